The van der Waals surface area contributed by atoms with Crippen LogP contribution in [0.1, 0.15) is 45.2 Å². The number of nitrogens with one attached hydrogen (secondary N) is 3. The van der Waals surface area contributed by atoms with Crippen LogP contribution in [0.25, 0.3) is 0 Å². The van der Waals surface area contributed by atoms with Gasteiger partial charge in [0.15, 0.2) is 5.96 Å². The van der Waals surface area contributed by atoms with Crippen LogP contribution in [-0.2, 0) is 6.54 Å². The van der Waals surface area contributed by atoms with E-state index >= 15 is 0 Å². The van der Waals surface area contributed by atoms with Crippen molar-refractivity contribution < 1.29 is 0 Å². The molecule has 2 rings (SSSR count). The van der Waals surface area contributed by atoms with E-state index in [1.165, 1.54) is 25.7 Å². The lowest BCUT2D eigenvalue weighted by molar-refractivity contribution is 0.329. The van der Waals surface area contributed by atoms with Crippen molar-refractivity contribution in [3.05, 3.63) is 18.0 Å². The van der Waals surface area contributed by atoms with Crippen LogP contribution in [-0.4, -0.2) is 28.7 Å². The van der Waals surface area contributed by atoms with Gasteiger partial charge in [0, 0.05) is 18.8 Å². The summed E-state index contributed by atoms with van der Waals surface area (Å²) in [6.45, 7) is 5.96. The van der Waals surface area contributed by atoms with E-state index in [1.807, 2.05) is 6.07 Å². The summed E-state index contributed by atoms with van der Waals surface area (Å²) in [5, 5.41) is 13.7. The second-order valence-corrected chi connectivity index (χ2v) is 5.38. The Morgan fingerprint density at radius 2 is 2.21 bits per heavy atom. The number of aromatic amines is 1. The first kappa shape index (κ1) is 13.9. The number of aliphatic imine (C=N–C) groups is 1. The fraction of sp³-hybridized carbons (Fsp3) is 0.714. The Morgan fingerprint density at radius 3 is 2.84 bits per heavy atom. The molecule has 3 N–H and O–H groups in total. The lowest BCUT2D eigenvalue weighted by Gasteiger charge is -2.28. The Morgan fingerprint density at radius 1 is 1.42 bits per heavy atom. The summed E-state index contributed by atoms with van der Waals surface area (Å²) < 4.78 is 0. The summed E-state index contributed by atoms with van der Waals surface area (Å²) in [5.41, 5.74) is 1.04. The molecule has 0 amide bonds. The fourth-order valence-electron chi connectivity index (χ4n) is 2.45. The molecule has 1 aliphatic carbocycles. The van der Waals surface area contributed by atoms with Gasteiger partial charge in [0.1, 0.15) is 0 Å². The number of rotatable bonds is 4. The van der Waals surface area contributed by atoms with Crippen molar-refractivity contribution in [2.75, 3.05) is 6.54 Å². The summed E-state index contributed by atoms with van der Waals surface area (Å²) in [4.78, 5) is 4.59. The van der Waals surface area contributed by atoms with Crippen molar-refractivity contribution in [2.45, 2.75) is 52.1 Å². The van der Waals surface area contributed by atoms with Crippen LogP contribution in [0.15, 0.2) is 17.3 Å². The second-order valence-electron chi connectivity index (χ2n) is 5.38. The molecule has 106 valence electrons. The van der Waals surface area contributed by atoms with Crippen LogP contribution >= 0.6 is 0 Å². The Bertz CT molecular complexity index is 377. The minimum atomic E-state index is 0.566. The molecule has 1 aliphatic rings. The van der Waals surface area contributed by atoms with E-state index in [0.29, 0.717) is 12.6 Å². The molecule has 0 radical (unpaired) electrons. The molecule has 19 heavy (non-hydrogen) atoms. The molecular formula is C14H25N5. The van der Waals surface area contributed by atoms with Gasteiger partial charge < -0.3 is 10.6 Å². The minimum Gasteiger partial charge on any atom is -0.357 e. The largest absolute Gasteiger partial charge is 0.357 e. The zero-order valence-electron chi connectivity index (χ0n) is 11.9. The third-order valence-electron chi connectivity index (χ3n) is 3.67. The van der Waals surface area contributed by atoms with Crippen molar-refractivity contribution in [1.82, 2.24) is 20.8 Å². The average Bonchev–Trinajstić information content (AvgIpc) is 2.92. The molecule has 0 saturated heterocycles. The zero-order chi connectivity index (χ0) is 13.5. The first-order chi connectivity index (χ1) is 9.28. The van der Waals surface area contributed by atoms with Gasteiger partial charge in [-0.2, -0.15) is 5.10 Å². The second kappa shape index (κ2) is 7.16. The molecule has 1 aromatic rings. The highest BCUT2D eigenvalue weighted by atomic mass is 15.2. The highest BCUT2D eigenvalue weighted by molar-refractivity contribution is 5.80. The molecule has 0 aromatic carbocycles. The van der Waals surface area contributed by atoms with Crippen molar-refractivity contribution in [3.63, 3.8) is 0 Å². The van der Waals surface area contributed by atoms with Gasteiger partial charge in [-0.25, -0.2) is 4.99 Å². The quantitative estimate of drug-likeness (QED) is 0.575. The van der Waals surface area contributed by atoms with Gasteiger partial charge in [-0.05, 0) is 44.6 Å². The number of guanidine groups is 1. The van der Waals surface area contributed by atoms with E-state index in [9.17, 15) is 0 Å². The number of nitrogens with zero attached hydrogens (tertiary/aromatic N) is 2. The van der Waals surface area contributed by atoms with Gasteiger partial charge in [-0.15, -0.1) is 0 Å². The summed E-state index contributed by atoms with van der Waals surface area (Å²) in [6, 6.07) is 2.52. The molecule has 1 saturated carbocycles. The van der Waals surface area contributed by atoms with Crippen molar-refractivity contribution in [3.8, 4) is 0 Å². The maximum Gasteiger partial charge on any atom is 0.191 e. The van der Waals surface area contributed by atoms with E-state index < -0.39 is 0 Å². The molecule has 1 fully saturated rings. The van der Waals surface area contributed by atoms with Crippen LogP contribution < -0.4 is 10.6 Å². The maximum absolute atomic E-state index is 4.59. The van der Waals surface area contributed by atoms with Gasteiger partial charge in [-0.1, -0.05) is 6.92 Å². The van der Waals surface area contributed by atoms with Crippen LogP contribution in [0.4, 0.5) is 0 Å². The molecule has 0 atom stereocenters. The number of hydrogen-bond donors (Lipinski definition) is 3. The topological polar surface area (TPSA) is 65.1 Å². The maximum atomic E-state index is 4.59. The average molecular weight is 263 g/mol. The van der Waals surface area contributed by atoms with E-state index in [2.05, 4.69) is 39.7 Å². The van der Waals surface area contributed by atoms with Crippen molar-refractivity contribution in [2.24, 2.45) is 10.9 Å². The SMILES string of the molecule is CCNC(=NCc1ccn[nH]1)NC1CCC(C)CC1. The molecule has 0 spiro atoms. The predicted octanol–water partition coefficient (Wildman–Crippen LogP) is 2.04. The van der Waals surface area contributed by atoms with Gasteiger partial charge >= 0.3 is 0 Å². The molecule has 0 bridgehead atoms. The van der Waals surface area contributed by atoms with Crippen molar-refractivity contribution in [1.29, 1.82) is 0 Å². The molecule has 1 heterocycles. The highest BCUT2D eigenvalue weighted by Crippen LogP contribution is 2.23. The Hall–Kier alpha value is -1.52. The number of hydrogen-bond acceptors (Lipinski definition) is 2. The monoisotopic (exact) mass is 263 g/mol. The Labute approximate surface area is 115 Å². The summed E-state index contributed by atoms with van der Waals surface area (Å²) in [5.74, 6) is 1.79. The molecule has 0 unspecified atom stereocenters. The first-order valence-corrected chi connectivity index (χ1v) is 7.31. The number of aromatic nitrogens is 2. The predicted molar refractivity (Wildman–Crippen MR) is 78.0 cm³/mol. The summed E-state index contributed by atoms with van der Waals surface area (Å²) >= 11 is 0. The molecule has 5 heteroatoms. The van der Waals surface area contributed by atoms with E-state index in [-0.39, 0.29) is 0 Å². The van der Waals surface area contributed by atoms with Crippen LogP contribution in [0, 0.1) is 5.92 Å². The van der Waals surface area contributed by atoms with Crippen LogP contribution in [0.3, 0.4) is 0 Å². The fourth-order valence-corrected chi connectivity index (χ4v) is 2.45. The third kappa shape index (κ3) is 4.58. The summed E-state index contributed by atoms with van der Waals surface area (Å²) in [6.07, 6.45) is 6.88. The smallest absolute Gasteiger partial charge is 0.191 e. The van der Waals surface area contributed by atoms with E-state index in [0.717, 1.165) is 24.1 Å². The Balaban J connectivity index is 1.86. The van der Waals surface area contributed by atoms with Gasteiger partial charge in [-0.3, -0.25) is 5.10 Å². The standard InChI is InChI=1S/C14H25N5/c1-3-15-14(16-10-13-8-9-17-19-13)18-12-6-4-11(2)5-7-12/h8-9,11-12H,3-7,10H2,1-2H3,(H,17,19)(H2,15,16,18). The van der Waals surface area contributed by atoms with E-state index in [4.69, 9.17) is 0 Å². The summed E-state index contributed by atoms with van der Waals surface area (Å²) in [7, 11) is 0. The third-order valence-corrected chi connectivity index (χ3v) is 3.67. The molecular weight excluding hydrogens is 238 g/mol. The molecule has 5 nitrogen and oxygen atoms in total. The normalized spacial score (nSPS) is 24.2. The number of H-pyrrole nitrogens is 1. The molecule has 1 aromatic heterocycles. The molecule has 0 aliphatic heterocycles. The Kier molecular flexibility index (Phi) is 5.24. The van der Waals surface area contributed by atoms with Gasteiger partial charge in [0.05, 0.1) is 12.2 Å². The zero-order valence-corrected chi connectivity index (χ0v) is 11.9. The van der Waals surface area contributed by atoms with E-state index in [1.54, 1.807) is 6.20 Å². The van der Waals surface area contributed by atoms with Crippen LogP contribution in [0.5, 0.6) is 0 Å². The van der Waals surface area contributed by atoms with Crippen LogP contribution in [0.2, 0.25) is 0 Å². The lowest BCUT2D eigenvalue weighted by atomic mass is 9.87. The minimum absolute atomic E-state index is 0.566. The lowest BCUT2D eigenvalue weighted by Crippen LogP contribution is -2.44. The van der Waals surface area contributed by atoms with Gasteiger partial charge in [0.25, 0.3) is 0 Å². The first-order valence-electron chi connectivity index (χ1n) is 7.31. The van der Waals surface area contributed by atoms with Gasteiger partial charge in [0.2, 0.25) is 0 Å². The highest BCUT2D eigenvalue weighted by Gasteiger charge is 2.18. The van der Waals surface area contributed by atoms with Crippen molar-refractivity contribution >= 4 is 5.96 Å².